The van der Waals surface area contributed by atoms with Gasteiger partial charge in [0.1, 0.15) is 18.0 Å². The average molecular weight is 389 g/mol. The zero-order valence-electron chi connectivity index (χ0n) is 14.8. The van der Waals surface area contributed by atoms with Gasteiger partial charge >= 0.3 is 0 Å². The van der Waals surface area contributed by atoms with Gasteiger partial charge in [-0.3, -0.25) is 0 Å². The van der Waals surface area contributed by atoms with Crippen LogP contribution in [-0.4, -0.2) is 54.6 Å². The molecule has 2 fully saturated rings. The summed E-state index contributed by atoms with van der Waals surface area (Å²) in [5.41, 5.74) is 0.421. The minimum atomic E-state index is -3.10. The number of anilines is 1. The quantitative estimate of drug-likeness (QED) is 0.755. The number of halogens is 1. The first kappa shape index (κ1) is 18.1. The molecule has 0 spiro atoms. The van der Waals surface area contributed by atoms with Gasteiger partial charge < -0.3 is 4.90 Å². The lowest BCUT2D eigenvalue weighted by Crippen LogP contribution is -2.42. The molecule has 2 saturated heterocycles. The maximum Gasteiger partial charge on any atom is 0.222 e. The van der Waals surface area contributed by atoms with Gasteiger partial charge in [-0.25, -0.2) is 31.9 Å². The Morgan fingerprint density at radius 2 is 2.11 bits per heavy atom. The van der Waals surface area contributed by atoms with Crippen molar-refractivity contribution in [3.8, 4) is 0 Å². The summed E-state index contributed by atoms with van der Waals surface area (Å²) in [5.74, 6) is 0.555. The molecule has 1 aromatic heterocycles. The molecule has 0 amide bonds. The molecule has 1 aromatic carbocycles. The molecule has 2 aliphatic rings. The Kier molecular flexibility index (Phi) is 4.70. The highest BCUT2D eigenvalue weighted by Gasteiger charge is 2.32. The topological polar surface area (TPSA) is 70.8 Å². The summed E-state index contributed by atoms with van der Waals surface area (Å²) in [6, 6.07) is 2.77. The third-order valence-electron chi connectivity index (χ3n) is 5.29. The van der Waals surface area contributed by atoms with E-state index in [9.17, 15) is 12.8 Å². The van der Waals surface area contributed by atoms with E-state index in [1.165, 1.54) is 18.5 Å². The van der Waals surface area contributed by atoms with E-state index in [2.05, 4.69) is 19.7 Å². The summed E-state index contributed by atoms with van der Waals surface area (Å²) in [6.07, 6.45) is 4.00. The van der Waals surface area contributed by atoms with Gasteiger partial charge in [0.25, 0.3) is 0 Å². The summed E-state index contributed by atoms with van der Waals surface area (Å²) in [5, 5.41) is 0.652. The van der Waals surface area contributed by atoms with Gasteiger partial charge in [0, 0.05) is 31.6 Å². The molecule has 3 heterocycles. The first-order chi connectivity index (χ1) is 13.0. The van der Waals surface area contributed by atoms with Crippen LogP contribution in [0.15, 0.2) is 18.5 Å². The monoisotopic (exact) mass is 389 g/mol. The number of benzene rings is 1. The fourth-order valence-corrected chi connectivity index (χ4v) is 5.58. The molecule has 7 nitrogen and oxygen atoms in total. The Morgan fingerprint density at radius 3 is 2.85 bits per heavy atom. The van der Waals surface area contributed by atoms with Gasteiger partial charge in [-0.05, 0) is 37.3 Å². The lowest BCUT2D eigenvalue weighted by Gasteiger charge is -2.35. The summed E-state index contributed by atoms with van der Waals surface area (Å²) in [4.78, 5) is 13.9. The number of rotatable bonds is 3. The van der Waals surface area contributed by atoms with Gasteiger partial charge in [-0.1, -0.05) is 0 Å². The minimum absolute atomic E-state index is 0.0460. The van der Waals surface area contributed by atoms with Crippen LogP contribution >= 0.6 is 0 Å². The molecule has 2 aromatic rings. The summed E-state index contributed by atoms with van der Waals surface area (Å²) >= 11 is 0. The molecule has 142 valence electrons. The predicted molar refractivity (Wildman–Crippen MR) is 101 cm³/mol. The van der Waals surface area contributed by atoms with Gasteiger partial charge in [0.2, 0.25) is 15.7 Å². The van der Waals surface area contributed by atoms with Crippen LogP contribution in [0, 0.1) is 18.3 Å². The summed E-state index contributed by atoms with van der Waals surface area (Å²) < 4.78 is 39.7. The first-order valence-electron chi connectivity index (χ1n) is 9.02. The van der Waals surface area contributed by atoms with E-state index >= 15 is 0 Å². The maximum absolute atomic E-state index is 13.9. The van der Waals surface area contributed by atoms with E-state index in [0.29, 0.717) is 42.8 Å². The fourth-order valence-electron chi connectivity index (χ4n) is 3.98. The van der Waals surface area contributed by atoms with Gasteiger partial charge in [0.05, 0.1) is 17.8 Å². The smallest absolute Gasteiger partial charge is 0.222 e. The van der Waals surface area contributed by atoms with Crippen LogP contribution in [0.1, 0.15) is 19.3 Å². The Labute approximate surface area is 157 Å². The molecule has 0 saturated carbocycles. The van der Waals surface area contributed by atoms with Crippen molar-refractivity contribution in [3.63, 3.8) is 0 Å². The van der Waals surface area contributed by atoms with Crippen molar-refractivity contribution in [2.45, 2.75) is 19.3 Å². The van der Waals surface area contributed by atoms with Crippen molar-refractivity contribution in [2.75, 3.05) is 36.8 Å². The molecule has 1 atom stereocenters. The van der Waals surface area contributed by atoms with Gasteiger partial charge in [0.15, 0.2) is 0 Å². The lowest BCUT2D eigenvalue weighted by molar-refractivity contribution is 0.320. The summed E-state index contributed by atoms with van der Waals surface area (Å²) in [6.45, 7) is 9.74. The third-order valence-corrected chi connectivity index (χ3v) is 7.21. The van der Waals surface area contributed by atoms with E-state index in [4.69, 9.17) is 6.57 Å². The molecule has 4 rings (SSSR count). The number of sulfonamides is 1. The van der Waals surface area contributed by atoms with Gasteiger partial charge in [-0.2, -0.15) is 0 Å². The first-order valence-corrected chi connectivity index (χ1v) is 10.6. The maximum atomic E-state index is 13.9. The van der Waals surface area contributed by atoms with Crippen LogP contribution in [0.2, 0.25) is 0 Å². The molecular weight excluding hydrogens is 369 g/mol. The highest BCUT2D eigenvalue weighted by molar-refractivity contribution is 7.89. The van der Waals surface area contributed by atoms with Crippen LogP contribution in [0.3, 0.4) is 0 Å². The number of aromatic nitrogens is 2. The van der Waals surface area contributed by atoms with Crippen LogP contribution in [0.25, 0.3) is 15.7 Å². The Hall–Kier alpha value is -2.31. The van der Waals surface area contributed by atoms with Crippen molar-refractivity contribution >= 4 is 32.4 Å². The SMILES string of the molecule is [C-]#[N+]c1cc2c(N3CCCC(CN4CCCS4(=O)=O)C3)ncnc2cc1F. The van der Waals surface area contributed by atoms with Crippen LogP contribution in [-0.2, 0) is 10.0 Å². The second-order valence-electron chi connectivity index (χ2n) is 7.11. The second kappa shape index (κ2) is 7.02. The molecule has 0 radical (unpaired) electrons. The van der Waals surface area contributed by atoms with E-state index < -0.39 is 15.8 Å². The number of fused-ring (bicyclic) bond motifs is 1. The molecular formula is C18H20FN5O2S. The van der Waals surface area contributed by atoms with E-state index in [0.717, 1.165) is 19.4 Å². The van der Waals surface area contributed by atoms with Crippen LogP contribution in [0.4, 0.5) is 15.9 Å². The molecule has 0 aliphatic carbocycles. The lowest BCUT2D eigenvalue weighted by atomic mass is 9.97. The third kappa shape index (κ3) is 3.47. The molecule has 2 aliphatic heterocycles. The van der Waals surface area contributed by atoms with Crippen molar-refractivity contribution in [1.82, 2.24) is 14.3 Å². The zero-order chi connectivity index (χ0) is 19.0. The van der Waals surface area contributed by atoms with Crippen LogP contribution in [0.5, 0.6) is 0 Å². The molecule has 27 heavy (non-hydrogen) atoms. The zero-order valence-corrected chi connectivity index (χ0v) is 15.6. The number of hydrogen-bond donors (Lipinski definition) is 0. The van der Waals surface area contributed by atoms with Crippen molar-refractivity contribution < 1.29 is 12.8 Å². The van der Waals surface area contributed by atoms with Crippen molar-refractivity contribution in [3.05, 3.63) is 35.7 Å². The largest absolute Gasteiger partial charge is 0.356 e. The van der Waals surface area contributed by atoms with Gasteiger partial charge in [-0.15, -0.1) is 0 Å². The molecule has 9 heteroatoms. The molecule has 1 unspecified atom stereocenters. The number of piperidine rings is 1. The Morgan fingerprint density at radius 1 is 1.26 bits per heavy atom. The fraction of sp³-hybridized carbons (Fsp3) is 0.500. The normalized spacial score (nSPS) is 22.8. The standard InChI is InChI=1S/C18H20FN5O2S/c1-20-17-8-14-16(9-15(17)19)21-12-22-18(14)23-5-2-4-13(10-23)11-24-6-3-7-27(24,25)26/h8-9,12-13H,2-7,10-11H2. The Bertz CT molecular complexity index is 1020. The number of nitrogens with zero attached hydrogens (tertiary/aromatic N) is 5. The molecule has 0 N–H and O–H groups in total. The minimum Gasteiger partial charge on any atom is -0.356 e. The highest BCUT2D eigenvalue weighted by Crippen LogP contribution is 2.32. The highest BCUT2D eigenvalue weighted by atomic mass is 32.2. The van der Waals surface area contributed by atoms with E-state index in [1.807, 2.05) is 0 Å². The Balaban J connectivity index is 1.61. The molecule has 0 bridgehead atoms. The van der Waals surface area contributed by atoms with E-state index in [1.54, 1.807) is 4.31 Å². The number of hydrogen-bond acceptors (Lipinski definition) is 5. The predicted octanol–water partition coefficient (Wildman–Crippen LogP) is 2.57. The van der Waals surface area contributed by atoms with Crippen molar-refractivity contribution in [2.24, 2.45) is 5.92 Å². The average Bonchev–Trinajstić information content (AvgIpc) is 2.99. The summed E-state index contributed by atoms with van der Waals surface area (Å²) in [7, 11) is -3.10. The second-order valence-corrected chi connectivity index (χ2v) is 9.20. The van der Waals surface area contributed by atoms with E-state index in [-0.39, 0.29) is 17.4 Å². The van der Waals surface area contributed by atoms with Crippen LogP contribution < -0.4 is 4.90 Å². The van der Waals surface area contributed by atoms with Crippen molar-refractivity contribution in [1.29, 1.82) is 0 Å².